The number of benzene rings is 2. The van der Waals surface area contributed by atoms with Gasteiger partial charge in [0.1, 0.15) is 16.5 Å². The summed E-state index contributed by atoms with van der Waals surface area (Å²) in [5.41, 5.74) is 0.323. The molecule has 0 saturated carbocycles. The number of carbonyl (C=O) groups excluding carboxylic acids is 1. The summed E-state index contributed by atoms with van der Waals surface area (Å²) in [4.78, 5) is 9.97. The smallest absolute Gasteiger partial charge is 0.342 e. The maximum Gasteiger partial charge on any atom is 0.342 e. The summed E-state index contributed by atoms with van der Waals surface area (Å²) < 4.78 is 67.8. The zero-order valence-electron chi connectivity index (χ0n) is 11.1. The van der Waals surface area contributed by atoms with Gasteiger partial charge in [-0.2, -0.15) is 8.42 Å². The van der Waals surface area contributed by atoms with Gasteiger partial charge in [-0.15, -0.1) is 0 Å². The largest absolute Gasteiger partial charge is 0.379 e. The van der Waals surface area contributed by atoms with E-state index < -0.39 is 32.5 Å². The van der Waals surface area contributed by atoms with Crippen molar-refractivity contribution in [1.82, 2.24) is 0 Å². The van der Waals surface area contributed by atoms with Crippen LogP contribution in [-0.2, 0) is 10.1 Å². The van der Waals surface area contributed by atoms with Crippen LogP contribution in [0.2, 0.25) is 0 Å². The van der Waals surface area contributed by atoms with Crippen molar-refractivity contribution in [3.63, 3.8) is 0 Å². The molecule has 0 aliphatic carbocycles. The monoisotopic (exact) mass is 330 g/mol. The third kappa shape index (κ3) is 3.28. The molecule has 0 unspecified atom stereocenters. The lowest BCUT2D eigenvalue weighted by atomic mass is 10.1. The molecule has 22 heavy (non-hydrogen) atoms. The van der Waals surface area contributed by atoms with Gasteiger partial charge < -0.3 is 4.18 Å². The molecule has 8 heteroatoms. The quantitative estimate of drug-likeness (QED) is 0.491. The van der Waals surface area contributed by atoms with E-state index in [0.717, 1.165) is 0 Å². The molecule has 0 atom stereocenters. The van der Waals surface area contributed by atoms with Crippen LogP contribution in [-0.4, -0.2) is 14.2 Å². The highest BCUT2D eigenvalue weighted by atomic mass is 32.2. The minimum Gasteiger partial charge on any atom is -0.379 e. The number of Topliss-reactive ketones (excluding diaryl/α,β-unsaturated/α-hetero) is 1. The third-order valence-corrected chi connectivity index (χ3v) is 3.97. The molecule has 0 aromatic heterocycles. The molecule has 0 fully saturated rings. The van der Waals surface area contributed by atoms with Crippen molar-refractivity contribution < 1.29 is 30.6 Å². The van der Waals surface area contributed by atoms with Crippen molar-refractivity contribution in [2.24, 2.45) is 0 Å². The van der Waals surface area contributed by atoms with Crippen LogP contribution in [0.1, 0.15) is 17.3 Å². The van der Waals surface area contributed by atoms with Gasteiger partial charge in [0, 0.05) is 17.7 Å². The number of hydrogen-bond acceptors (Lipinski definition) is 4. The molecule has 2 aromatic rings. The van der Waals surface area contributed by atoms with Crippen LogP contribution in [0.4, 0.5) is 13.2 Å². The normalized spacial score (nSPS) is 11.3. The molecule has 0 bridgehead atoms. The maximum atomic E-state index is 13.5. The summed E-state index contributed by atoms with van der Waals surface area (Å²) in [6.07, 6.45) is 0. The van der Waals surface area contributed by atoms with Crippen molar-refractivity contribution in [2.75, 3.05) is 0 Å². The number of halogens is 3. The Morgan fingerprint density at radius 1 is 0.955 bits per heavy atom. The van der Waals surface area contributed by atoms with Gasteiger partial charge in [-0.1, -0.05) is 0 Å². The zero-order chi connectivity index (χ0) is 16.5. The SMILES string of the molecule is CC(=O)c1ccc(OS(=O)(=O)c2cc(F)c(F)cc2F)cc1. The molecule has 0 spiro atoms. The van der Waals surface area contributed by atoms with Gasteiger partial charge in [-0.3, -0.25) is 4.79 Å². The van der Waals surface area contributed by atoms with E-state index in [9.17, 15) is 26.4 Å². The van der Waals surface area contributed by atoms with E-state index in [0.29, 0.717) is 5.56 Å². The number of carbonyl (C=O) groups is 1. The van der Waals surface area contributed by atoms with Crippen molar-refractivity contribution in [3.8, 4) is 5.75 Å². The fourth-order valence-electron chi connectivity index (χ4n) is 1.61. The Kier molecular flexibility index (Phi) is 4.23. The topological polar surface area (TPSA) is 60.4 Å². The third-order valence-electron chi connectivity index (χ3n) is 2.71. The minimum absolute atomic E-state index is 0.116. The molecular formula is C14H9F3O4S. The van der Waals surface area contributed by atoms with E-state index in [1.54, 1.807) is 0 Å². The lowest BCUT2D eigenvalue weighted by Gasteiger charge is -2.08. The average Bonchev–Trinajstić information content (AvgIpc) is 2.42. The molecule has 0 amide bonds. The van der Waals surface area contributed by atoms with Crippen molar-refractivity contribution in [3.05, 3.63) is 59.4 Å². The van der Waals surface area contributed by atoms with Crippen molar-refractivity contribution in [1.29, 1.82) is 0 Å². The maximum absolute atomic E-state index is 13.5. The molecule has 0 saturated heterocycles. The molecule has 2 rings (SSSR count). The van der Waals surface area contributed by atoms with E-state index in [1.807, 2.05) is 0 Å². The predicted molar refractivity (Wildman–Crippen MR) is 70.6 cm³/mol. The second-order valence-electron chi connectivity index (χ2n) is 4.31. The summed E-state index contributed by atoms with van der Waals surface area (Å²) >= 11 is 0. The first-order valence-electron chi connectivity index (χ1n) is 5.91. The Bertz CT molecular complexity index is 830. The molecular weight excluding hydrogens is 321 g/mol. The second kappa shape index (κ2) is 5.80. The molecule has 4 nitrogen and oxygen atoms in total. The van der Waals surface area contributed by atoms with Crippen molar-refractivity contribution in [2.45, 2.75) is 11.8 Å². The van der Waals surface area contributed by atoms with Crippen LogP contribution >= 0.6 is 0 Å². The highest BCUT2D eigenvalue weighted by Crippen LogP contribution is 2.23. The Balaban J connectivity index is 2.35. The Morgan fingerprint density at radius 2 is 1.50 bits per heavy atom. The molecule has 0 aliphatic heterocycles. The number of ketones is 1. The standard InChI is InChI=1S/C14H9F3O4S/c1-8(18)9-2-4-10(5-3-9)21-22(19,20)14-7-12(16)11(15)6-13(14)17/h2-7H,1H3. The Hall–Kier alpha value is -2.35. The van der Waals surface area contributed by atoms with Gasteiger partial charge in [0.2, 0.25) is 0 Å². The van der Waals surface area contributed by atoms with Gasteiger partial charge in [0.25, 0.3) is 0 Å². The summed E-state index contributed by atoms with van der Waals surface area (Å²) in [6.45, 7) is 1.32. The molecule has 0 heterocycles. The molecule has 2 aromatic carbocycles. The van der Waals surface area contributed by atoms with Crippen LogP contribution in [0.25, 0.3) is 0 Å². The highest BCUT2D eigenvalue weighted by molar-refractivity contribution is 7.87. The van der Waals surface area contributed by atoms with Crippen LogP contribution in [0.3, 0.4) is 0 Å². The van der Waals surface area contributed by atoms with Crippen LogP contribution < -0.4 is 4.18 Å². The van der Waals surface area contributed by atoms with Crippen molar-refractivity contribution >= 4 is 15.9 Å². The van der Waals surface area contributed by atoms with Gasteiger partial charge in [0.05, 0.1) is 0 Å². The van der Waals surface area contributed by atoms with Crippen LogP contribution in [0, 0.1) is 17.5 Å². The number of rotatable bonds is 4. The average molecular weight is 330 g/mol. The first kappa shape index (κ1) is 16.0. The van der Waals surface area contributed by atoms with Gasteiger partial charge in [-0.05, 0) is 31.2 Å². The van der Waals surface area contributed by atoms with Gasteiger partial charge >= 0.3 is 10.1 Å². The fraction of sp³-hybridized carbons (Fsp3) is 0.0714. The first-order chi connectivity index (χ1) is 10.2. The van der Waals surface area contributed by atoms with E-state index in [-0.39, 0.29) is 23.7 Å². The summed E-state index contributed by atoms with van der Waals surface area (Å²) in [6, 6.07) is 5.32. The first-order valence-corrected chi connectivity index (χ1v) is 7.31. The van der Waals surface area contributed by atoms with E-state index in [4.69, 9.17) is 0 Å². The summed E-state index contributed by atoms with van der Waals surface area (Å²) in [7, 11) is -4.68. The van der Waals surface area contributed by atoms with E-state index >= 15 is 0 Å². The molecule has 0 aliphatic rings. The molecule has 116 valence electrons. The fourth-order valence-corrected chi connectivity index (χ4v) is 2.61. The summed E-state index contributed by atoms with van der Waals surface area (Å²) in [5, 5.41) is 0. The van der Waals surface area contributed by atoms with E-state index in [2.05, 4.69) is 4.18 Å². The predicted octanol–water partition coefficient (Wildman–Crippen LogP) is 3.07. The molecule has 0 radical (unpaired) electrons. The lowest BCUT2D eigenvalue weighted by molar-refractivity contribution is 0.101. The minimum atomic E-state index is -4.68. The van der Waals surface area contributed by atoms with E-state index in [1.165, 1.54) is 31.2 Å². The highest BCUT2D eigenvalue weighted by Gasteiger charge is 2.24. The number of hydrogen-bond donors (Lipinski definition) is 0. The second-order valence-corrected chi connectivity index (χ2v) is 5.83. The Morgan fingerprint density at radius 3 is 2.05 bits per heavy atom. The summed E-state index contributed by atoms with van der Waals surface area (Å²) in [5.74, 6) is -4.94. The van der Waals surface area contributed by atoms with Gasteiger partial charge in [0.15, 0.2) is 17.4 Å². The van der Waals surface area contributed by atoms with Crippen LogP contribution in [0.5, 0.6) is 5.75 Å². The zero-order valence-corrected chi connectivity index (χ0v) is 12.0. The molecule has 0 N–H and O–H groups in total. The lowest BCUT2D eigenvalue weighted by Crippen LogP contribution is -2.12. The Labute approximate surface area is 124 Å². The van der Waals surface area contributed by atoms with Crippen LogP contribution in [0.15, 0.2) is 41.3 Å². The van der Waals surface area contributed by atoms with Gasteiger partial charge in [-0.25, -0.2) is 13.2 Å².